The molecule has 23 heteroatoms. The third-order valence-electron chi connectivity index (χ3n) is 16.4. The lowest BCUT2D eigenvalue weighted by Gasteiger charge is -2.22. The van der Waals surface area contributed by atoms with Gasteiger partial charge in [-0.15, -0.1) is 22.7 Å². The second kappa shape index (κ2) is 31.2. The van der Waals surface area contributed by atoms with Gasteiger partial charge >= 0.3 is 17.9 Å². The summed E-state index contributed by atoms with van der Waals surface area (Å²) in [6, 6.07) is 33.1. The smallest absolute Gasteiger partial charge is 0.347 e. The lowest BCUT2D eigenvalue weighted by molar-refractivity contribution is -0.152. The van der Waals surface area contributed by atoms with Crippen molar-refractivity contribution in [1.82, 2.24) is 30.4 Å². The molecule has 0 spiro atoms. The van der Waals surface area contributed by atoms with Crippen molar-refractivity contribution in [2.24, 2.45) is 0 Å². The van der Waals surface area contributed by atoms with Crippen LogP contribution in [0.25, 0.3) is 65.5 Å². The summed E-state index contributed by atoms with van der Waals surface area (Å²) in [7, 11) is 0. The number of oxazole rings is 1. The van der Waals surface area contributed by atoms with E-state index in [0.717, 1.165) is 120 Å². The Bertz CT molecular complexity index is 4880. The minimum atomic E-state index is -1.34. The summed E-state index contributed by atoms with van der Waals surface area (Å²) in [5.41, 5.74) is 14.0. The Hall–Kier alpha value is -9.41. The van der Waals surface area contributed by atoms with Crippen LogP contribution < -0.4 is 14.2 Å². The number of thiazole rings is 2. The maximum absolute atomic E-state index is 11.4. The lowest BCUT2D eigenvalue weighted by Crippen LogP contribution is -2.38. The normalized spacial score (nSPS) is 11.6. The number of ether oxygens (including phenoxy) is 3. The molecule has 12 aromatic rings. The number of halogens is 2. The monoisotopic (exact) mass is 1420 g/mol. The maximum atomic E-state index is 11.4. The average molecular weight is 1420 g/mol. The Kier molecular flexibility index (Phi) is 22.8. The molecular weight excluding hydrogens is 1340 g/mol. The number of rotatable bonds is 24. The highest BCUT2D eigenvalue weighted by Crippen LogP contribution is 2.39. The number of carbonyl (C=O) groups is 3. The maximum Gasteiger partial charge on any atom is 0.347 e. The number of fused-ring (bicyclic) bond motifs is 3. The first-order chi connectivity index (χ1) is 47.1. The van der Waals surface area contributed by atoms with Gasteiger partial charge in [-0.1, -0.05) is 140 Å². The summed E-state index contributed by atoms with van der Waals surface area (Å²) >= 11 is 15.8. The Morgan fingerprint density at radius 3 is 1.30 bits per heavy atom. The molecule has 6 aromatic carbocycles. The van der Waals surface area contributed by atoms with Crippen molar-refractivity contribution >= 4 is 96.7 Å². The molecule has 0 aliphatic carbocycles. The number of nitrogens with zero attached hydrogens (tertiary/aromatic N) is 6. The van der Waals surface area contributed by atoms with Gasteiger partial charge in [0, 0.05) is 66.2 Å². The van der Waals surface area contributed by atoms with Gasteiger partial charge in [0.25, 0.3) is 0 Å². The van der Waals surface area contributed by atoms with E-state index in [1.807, 2.05) is 52.8 Å². The number of hydrogen-bond acceptors (Lipinski definition) is 18. The van der Waals surface area contributed by atoms with Gasteiger partial charge in [-0.05, 0) is 152 Å². The molecule has 3 N–H and O–H groups in total. The van der Waals surface area contributed by atoms with Gasteiger partial charge in [0.1, 0.15) is 33.0 Å². The summed E-state index contributed by atoms with van der Waals surface area (Å²) < 4.78 is 39.0. The molecule has 0 unspecified atom stereocenters. The van der Waals surface area contributed by atoms with E-state index in [4.69, 9.17) is 80.6 Å². The van der Waals surface area contributed by atoms with Crippen LogP contribution in [0, 0.1) is 34.6 Å². The highest BCUT2D eigenvalue weighted by molar-refractivity contribution is 7.15. The van der Waals surface area contributed by atoms with Gasteiger partial charge in [-0.3, -0.25) is 0 Å². The number of hydrogen-bond donors (Lipinski definition) is 3. The van der Waals surface area contributed by atoms with Gasteiger partial charge in [0.05, 0.1) is 44.7 Å². The molecule has 0 aliphatic heterocycles. The molecule has 0 saturated heterocycles. The molecule has 0 radical (unpaired) electrons. The number of carboxylic acids is 3. The van der Waals surface area contributed by atoms with Crippen LogP contribution in [0.5, 0.6) is 17.2 Å². The van der Waals surface area contributed by atoms with Crippen LogP contribution in [-0.4, -0.2) is 82.5 Å². The number of benzene rings is 6. The largest absolute Gasteiger partial charge is 0.481 e. The molecule has 6 heterocycles. The van der Waals surface area contributed by atoms with E-state index in [-0.39, 0.29) is 12.5 Å². The number of aryl methyl sites for hydroxylation is 11. The van der Waals surface area contributed by atoms with Crippen molar-refractivity contribution in [3.63, 3.8) is 0 Å². The molecule has 0 fully saturated rings. The van der Waals surface area contributed by atoms with E-state index >= 15 is 0 Å². The van der Waals surface area contributed by atoms with Crippen molar-refractivity contribution in [1.29, 1.82) is 0 Å². The second-order valence-corrected chi connectivity index (χ2v) is 28.8. The third kappa shape index (κ3) is 17.5. The van der Waals surface area contributed by atoms with Crippen molar-refractivity contribution < 1.29 is 61.9 Å². The van der Waals surface area contributed by atoms with Crippen molar-refractivity contribution in [2.75, 3.05) is 13.2 Å². The molecule has 19 nitrogen and oxygen atoms in total. The van der Waals surface area contributed by atoms with Crippen LogP contribution in [0.2, 0.25) is 10.0 Å². The Labute approximate surface area is 591 Å². The molecule has 12 rings (SSSR count). The van der Waals surface area contributed by atoms with Crippen LogP contribution in [0.3, 0.4) is 0 Å². The highest BCUT2D eigenvalue weighted by atomic mass is 35.5. The highest BCUT2D eigenvalue weighted by Gasteiger charge is 2.31. The fourth-order valence-corrected chi connectivity index (χ4v) is 14.0. The van der Waals surface area contributed by atoms with E-state index in [9.17, 15) is 19.5 Å². The first-order valence-corrected chi connectivity index (χ1v) is 34.8. The first-order valence-electron chi connectivity index (χ1n) is 32.5. The van der Waals surface area contributed by atoms with Gasteiger partial charge in [-0.25, -0.2) is 29.3 Å². The zero-order valence-corrected chi connectivity index (χ0v) is 60.5. The fraction of sp³-hybridized carbons (Fsp3) is 0.329. The van der Waals surface area contributed by atoms with Crippen LogP contribution in [0.15, 0.2) is 121 Å². The van der Waals surface area contributed by atoms with E-state index < -0.39 is 30.1 Å². The minimum Gasteiger partial charge on any atom is -0.481 e. The molecule has 0 amide bonds. The predicted molar refractivity (Wildman–Crippen MR) is 386 cm³/mol. The molecule has 0 bridgehead atoms. The molecule has 516 valence electrons. The SMILES string of the molecule is Cc1cc2c(CCc3nc(-c4ccc(Cl)cc4Cl)oc3C(C)C)noc2cc1OCC(=O)O.Cc1ccc(-c2nc(C(C)C)c(CCc3noc4cc(OC(C)(C)C(=O)O)c(C)cc34)s2)cc1.Cc1ccc(-c2nc(C(C)C)c(CCc3noc4cc(OCC(=O)O)c(C)cc34)s2)cc1. The second-order valence-electron chi connectivity index (χ2n) is 25.8. The molecule has 99 heavy (non-hydrogen) atoms. The molecular formula is C76H78Cl2N6O13S2. The van der Waals surface area contributed by atoms with Crippen molar-refractivity contribution in [3.05, 3.63) is 191 Å². The van der Waals surface area contributed by atoms with E-state index in [2.05, 4.69) is 106 Å². The van der Waals surface area contributed by atoms with Crippen LogP contribution >= 0.6 is 45.9 Å². The van der Waals surface area contributed by atoms with E-state index in [1.54, 1.807) is 59.1 Å². The third-order valence-corrected chi connectivity index (χ3v) is 19.4. The molecule has 0 atom stereocenters. The van der Waals surface area contributed by atoms with Crippen molar-refractivity contribution in [2.45, 2.75) is 152 Å². The van der Waals surface area contributed by atoms with E-state index in [1.165, 1.54) is 34.7 Å². The van der Waals surface area contributed by atoms with Crippen LogP contribution in [0.4, 0.5) is 0 Å². The quantitative estimate of drug-likeness (QED) is 0.0507. The standard InChI is InChI=1S/C27H30N2O4S.C25H26N2O4S.C24H22Cl2N2O5/c1-15(2)24-23(34-25(28-24)18-9-7-16(3)8-10-18)12-11-20-19-13-17(4)21(14-22(19)33-29-20)32-27(5,6)26(30)31;1-14(2)24-22(32-25(26-24)17-7-5-15(3)6-8-17)10-9-19-18-11-16(4)20(30-13-23(28)29)12-21(18)31-27-19;1-12(2)23-19(27-24(32-23)15-5-4-14(25)9-17(15)26)7-6-18-16-8-13(3)20(31-11-22(29)30)10-21(16)33-28-18/h7-10,13-15H,11-12H2,1-6H3,(H,30,31);5-8,11-12,14H,9-10,13H2,1-4H3,(H,28,29);4-5,8-10,12H,6-7,11H2,1-3H3,(H,29,30). The van der Waals surface area contributed by atoms with E-state index in [0.29, 0.717) is 80.2 Å². The first kappa shape index (κ1) is 72.3. The molecule has 0 aliphatic rings. The van der Waals surface area contributed by atoms with Crippen LogP contribution in [0.1, 0.15) is 151 Å². The molecule has 6 aromatic heterocycles. The summed E-state index contributed by atoms with van der Waals surface area (Å²) in [6.07, 6.45) is 4.29. The predicted octanol–water partition coefficient (Wildman–Crippen LogP) is 19.1. The summed E-state index contributed by atoms with van der Waals surface area (Å²) in [6.45, 7) is 24.8. The zero-order valence-electron chi connectivity index (χ0n) is 57.4. The summed E-state index contributed by atoms with van der Waals surface area (Å²) in [4.78, 5) is 50.2. The van der Waals surface area contributed by atoms with Crippen molar-refractivity contribution in [3.8, 4) is 49.8 Å². The van der Waals surface area contributed by atoms with Gasteiger partial charge in [0.2, 0.25) is 5.89 Å². The van der Waals surface area contributed by atoms with Gasteiger partial charge in [-0.2, -0.15) is 0 Å². The Morgan fingerprint density at radius 2 is 0.909 bits per heavy atom. The summed E-state index contributed by atoms with van der Waals surface area (Å²) in [5.74, 6) is 0.406. The van der Waals surface area contributed by atoms with Gasteiger partial charge in [0.15, 0.2) is 35.6 Å². The lowest BCUT2D eigenvalue weighted by atomic mass is 10.0. The van der Waals surface area contributed by atoms with Crippen LogP contribution in [-0.2, 0) is 52.9 Å². The fourth-order valence-electron chi connectivity index (χ4n) is 11.0. The number of carboxylic acid groups (broad SMARTS) is 3. The zero-order chi connectivity index (χ0) is 71.1. The molecule has 0 saturated carbocycles. The Balaban J connectivity index is 0.000000161. The summed E-state index contributed by atoms with van der Waals surface area (Å²) in [5, 5.41) is 45.7. The topological polar surface area (TPSA) is 269 Å². The average Bonchev–Trinajstić information content (AvgIpc) is 1.64. The Morgan fingerprint density at radius 1 is 0.505 bits per heavy atom. The number of aromatic nitrogens is 6. The van der Waals surface area contributed by atoms with Gasteiger partial charge < -0.3 is 47.5 Å². The number of aliphatic carboxylic acids is 3. The minimum absolute atomic E-state index is 0.137.